The minimum atomic E-state index is -0.437. The van der Waals surface area contributed by atoms with Crippen LogP contribution in [0.25, 0.3) is 0 Å². The summed E-state index contributed by atoms with van der Waals surface area (Å²) < 4.78 is 6.62. The molecule has 0 N–H and O–H groups in total. The van der Waals surface area contributed by atoms with Crippen molar-refractivity contribution < 1.29 is 9.66 Å². The Hall–Kier alpha value is -1.88. The van der Waals surface area contributed by atoms with Crippen molar-refractivity contribution in [3.8, 4) is 11.5 Å². The van der Waals surface area contributed by atoms with Crippen LogP contribution < -0.4 is 4.74 Å². The monoisotopic (exact) mass is 307 g/mol. The van der Waals surface area contributed by atoms with Crippen molar-refractivity contribution in [2.75, 3.05) is 0 Å². The summed E-state index contributed by atoms with van der Waals surface area (Å²) in [5.41, 5.74) is 1.11. The Balaban J connectivity index is 2.18. The summed E-state index contributed by atoms with van der Waals surface area (Å²) in [6, 6.07) is 11.6. The summed E-state index contributed by atoms with van der Waals surface area (Å²) >= 11 is 3.41. The predicted octanol–water partition coefficient (Wildman–Crippen LogP) is 4.46. The van der Waals surface area contributed by atoms with Crippen molar-refractivity contribution in [3.05, 3.63) is 62.6 Å². The summed E-state index contributed by atoms with van der Waals surface area (Å²) in [6.45, 7) is 1.97. The highest BCUT2D eigenvalue weighted by atomic mass is 79.9. The van der Waals surface area contributed by atoms with E-state index in [-0.39, 0.29) is 5.69 Å². The molecule has 4 nitrogen and oxygen atoms in total. The number of nitrogens with zero attached hydrogens (tertiary/aromatic N) is 1. The molecule has 0 radical (unpaired) electrons. The fourth-order valence-electron chi connectivity index (χ4n) is 1.45. The maximum absolute atomic E-state index is 10.5. The number of halogens is 1. The number of aryl methyl sites for hydroxylation is 1. The molecule has 0 amide bonds. The third kappa shape index (κ3) is 2.87. The normalized spacial score (nSPS) is 10.1. The molecule has 18 heavy (non-hydrogen) atoms. The average Bonchev–Trinajstić information content (AvgIpc) is 2.34. The first-order valence-electron chi connectivity index (χ1n) is 5.25. The Bertz CT molecular complexity index is 581. The number of ether oxygens (including phenoxy) is 1. The quantitative estimate of drug-likeness (QED) is 0.621. The molecule has 0 fully saturated rings. The van der Waals surface area contributed by atoms with Gasteiger partial charge in [-0.2, -0.15) is 0 Å². The smallest absolute Gasteiger partial charge is 0.269 e. The van der Waals surface area contributed by atoms with Gasteiger partial charge in [-0.25, -0.2) is 0 Å². The van der Waals surface area contributed by atoms with E-state index >= 15 is 0 Å². The number of non-ortho nitro benzene ring substituents is 1. The number of benzene rings is 2. The number of nitro benzene ring substituents is 1. The lowest BCUT2D eigenvalue weighted by Gasteiger charge is -2.07. The van der Waals surface area contributed by atoms with Crippen molar-refractivity contribution in [3.63, 3.8) is 0 Å². The van der Waals surface area contributed by atoms with Crippen molar-refractivity contribution in [1.29, 1.82) is 0 Å². The van der Waals surface area contributed by atoms with Crippen LogP contribution in [0.5, 0.6) is 11.5 Å². The zero-order chi connectivity index (χ0) is 13.1. The molecule has 0 heterocycles. The van der Waals surface area contributed by atoms with Crippen LogP contribution in [0.15, 0.2) is 46.9 Å². The van der Waals surface area contributed by atoms with E-state index in [4.69, 9.17) is 4.74 Å². The third-order valence-corrected chi connectivity index (χ3v) is 3.30. The molecular formula is C13H10BrNO3. The minimum Gasteiger partial charge on any atom is -0.457 e. The van der Waals surface area contributed by atoms with Gasteiger partial charge in [-0.3, -0.25) is 10.1 Å². The summed E-state index contributed by atoms with van der Waals surface area (Å²) in [7, 11) is 0. The van der Waals surface area contributed by atoms with Crippen molar-refractivity contribution in [2.24, 2.45) is 0 Å². The Kier molecular flexibility index (Phi) is 3.62. The van der Waals surface area contributed by atoms with Gasteiger partial charge >= 0.3 is 0 Å². The zero-order valence-corrected chi connectivity index (χ0v) is 11.2. The molecule has 0 atom stereocenters. The fraction of sp³-hybridized carbons (Fsp3) is 0.0769. The first-order chi connectivity index (χ1) is 8.56. The predicted molar refractivity (Wildman–Crippen MR) is 72.0 cm³/mol. The molecule has 0 saturated carbocycles. The summed E-state index contributed by atoms with van der Waals surface area (Å²) in [4.78, 5) is 10.1. The Morgan fingerprint density at radius 2 is 1.72 bits per heavy atom. The van der Waals surface area contributed by atoms with Gasteiger partial charge in [-0.05, 0) is 42.8 Å². The second kappa shape index (κ2) is 5.18. The van der Waals surface area contributed by atoms with Crippen LogP contribution in [0.1, 0.15) is 5.56 Å². The van der Waals surface area contributed by atoms with E-state index in [1.54, 1.807) is 12.1 Å². The fourth-order valence-corrected chi connectivity index (χ4v) is 1.70. The lowest BCUT2D eigenvalue weighted by Crippen LogP contribution is -1.89. The SMILES string of the molecule is Cc1cc(Oc2ccc([N+](=O)[O-])cc2)ccc1Br. The molecule has 2 rings (SSSR count). The van der Waals surface area contributed by atoms with Crippen LogP contribution >= 0.6 is 15.9 Å². The van der Waals surface area contributed by atoms with E-state index < -0.39 is 4.92 Å². The molecule has 0 bridgehead atoms. The molecule has 0 aliphatic heterocycles. The van der Waals surface area contributed by atoms with Gasteiger partial charge in [0.1, 0.15) is 11.5 Å². The molecule has 2 aromatic carbocycles. The van der Waals surface area contributed by atoms with Gasteiger partial charge in [0.15, 0.2) is 0 Å². The molecule has 0 saturated heterocycles. The van der Waals surface area contributed by atoms with Crippen LogP contribution in [0.3, 0.4) is 0 Å². The van der Waals surface area contributed by atoms with Gasteiger partial charge in [-0.1, -0.05) is 15.9 Å². The molecule has 5 heteroatoms. The van der Waals surface area contributed by atoms with Crippen molar-refractivity contribution >= 4 is 21.6 Å². The first kappa shape index (κ1) is 12.6. The van der Waals surface area contributed by atoms with Gasteiger partial charge in [0.05, 0.1) is 4.92 Å². The van der Waals surface area contributed by atoms with E-state index in [1.807, 2.05) is 25.1 Å². The van der Waals surface area contributed by atoms with Crippen molar-refractivity contribution in [1.82, 2.24) is 0 Å². The Morgan fingerprint density at radius 1 is 1.11 bits per heavy atom. The van der Waals surface area contributed by atoms with Crippen LogP contribution in [0.4, 0.5) is 5.69 Å². The lowest BCUT2D eigenvalue weighted by molar-refractivity contribution is -0.384. The summed E-state index contributed by atoms with van der Waals surface area (Å²) in [6.07, 6.45) is 0. The molecular weight excluding hydrogens is 298 g/mol. The minimum absolute atomic E-state index is 0.0503. The van der Waals surface area contributed by atoms with Crippen molar-refractivity contribution in [2.45, 2.75) is 6.92 Å². The maximum atomic E-state index is 10.5. The zero-order valence-electron chi connectivity index (χ0n) is 9.59. The molecule has 2 aromatic rings. The van der Waals surface area contributed by atoms with Gasteiger partial charge in [-0.15, -0.1) is 0 Å². The topological polar surface area (TPSA) is 52.4 Å². The average molecular weight is 308 g/mol. The van der Waals surface area contributed by atoms with Gasteiger partial charge in [0.25, 0.3) is 5.69 Å². The second-order valence-electron chi connectivity index (χ2n) is 3.76. The summed E-state index contributed by atoms with van der Waals surface area (Å²) in [5, 5.41) is 10.5. The van der Waals surface area contributed by atoms with E-state index in [9.17, 15) is 10.1 Å². The molecule has 0 unspecified atom stereocenters. The maximum Gasteiger partial charge on any atom is 0.269 e. The highest BCUT2D eigenvalue weighted by molar-refractivity contribution is 9.10. The Morgan fingerprint density at radius 3 is 2.28 bits per heavy atom. The Labute approximate surface area is 112 Å². The molecule has 0 aliphatic rings. The largest absolute Gasteiger partial charge is 0.457 e. The number of hydrogen-bond acceptors (Lipinski definition) is 3. The standard InChI is InChI=1S/C13H10BrNO3/c1-9-8-12(6-7-13(9)14)18-11-4-2-10(3-5-11)15(16)17/h2-8H,1H3. The van der Waals surface area contributed by atoms with Crippen LogP contribution in [-0.4, -0.2) is 4.92 Å². The molecule has 0 spiro atoms. The summed E-state index contributed by atoms with van der Waals surface area (Å²) in [5.74, 6) is 1.27. The van der Waals surface area contributed by atoms with E-state index in [2.05, 4.69) is 15.9 Å². The number of rotatable bonds is 3. The highest BCUT2D eigenvalue weighted by Crippen LogP contribution is 2.27. The first-order valence-corrected chi connectivity index (χ1v) is 6.04. The van der Waals surface area contributed by atoms with Gasteiger partial charge < -0.3 is 4.74 Å². The van der Waals surface area contributed by atoms with E-state index in [0.29, 0.717) is 11.5 Å². The second-order valence-corrected chi connectivity index (χ2v) is 4.62. The molecule has 92 valence electrons. The van der Waals surface area contributed by atoms with Crippen LogP contribution in [-0.2, 0) is 0 Å². The van der Waals surface area contributed by atoms with Crippen LogP contribution in [0, 0.1) is 17.0 Å². The number of hydrogen-bond donors (Lipinski definition) is 0. The molecule has 0 aliphatic carbocycles. The van der Waals surface area contributed by atoms with Gasteiger partial charge in [0, 0.05) is 16.6 Å². The molecule has 0 aromatic heterocycles. The van der Waals surface area contributed by atoms with Crippen LogP contribution in [0.2, 0.25) is 0 Å². The van der Waals surface area contributed by atoms with E-state index in [0.717, 1.165) is 10.0 Å². The van der Waals surface area contributed by atoms with Gasteiger partial charge in [0.2, 0.25) is 0 Å². The number of nitro groups is 1. The third-order valence-electron chi connectivity index (χ3n) is 2.41. The lowest BCUT2D eigenvalue weighted by atomic mass is 10.2. The van der Waals surface area contributed by atoms with E-state index in [1.165, 1.54) is 12.1 Å². The highest BCUT2D eigenvalue weighted by Gasteiger charge is 2.05.